The highest BCUT2D eigenvalue weighted by Gasteiger charge is 2.23. The maximum Gasteiger partial charge on any atom is 0.270 e. The molecular formula is C18H18ClN3O2. The molecule has 2 aromatic rings. The Morgan fingerprint density at radius 3 is 2.75 bits per heavy atom. The van der Waals surface area contributed by atoms with E-state index in [2.05, 4.69) is 16.4 Å². The summed E-state index contributed by atoms with van der Waals surface area (Å²) in [6, 6.07) is 9.01. The Hall–Kier alpha value is -2.16. The number of ether oxygens (including phenoxy) is 1. The zero-order valence-electron chi connectivity index (χ0n) is 13.4. The number of carbonyl (C=O) groups is 1. The summed E-state index contributed by atoms with van der Waals surface area (Å²) in [5.41, 5.74) is 0.824. The molecule has 1 aromatic heterocycles. The van der Waals surface area contributed by atoms with Crippen LogP contribution in [0.15, 0.2) is 24.3 Å². The molecule has 1 fully saturated rings. The number of hydrogen-bond acceptors (Lipinski definition) is 4. The highest BCUT2D eigenvalue weighted by Crippen LogP contribution is 2.24. The molecule has 1 aliphatic rings. The lowest BCUT2D eigenvalue weighted by molar-refractivity contribution is 0.0598. The number of nitrogens with zero attached hydrogens (tertiary/aromatic N) is 2. The fourth-order valence-corrected chi connectivity index (χ4v) is 3.37. The molecule has 0 spiro atoms. The molecule has 0 radical (unpaired) electrons. The Morgan fingerprint density at radius 2 is 2.08 bits per heavy atom. The number of carbonyl (C=O) groups excluding carboxylic acids is 1. The Labute approximate surface area is 145 Å². The quantitative estimate of drug-likeness (QED) is 0.866. The van der Waals surface area contributed by atoms with E-state index in [9.17, 15) is 4.79 Å². The number of aromatic nitrogens is 1. The van der Waals surface area contributed by atoms with Crippen molar-refractivity contribution < 1.29 is 9.53 Å². The number of fused-ring (bicyclic) bond motifs is 1. The van der Waals surface area contributed by atoms with Crippen LogP contribution in [-0.4, -0.2) is 30.1 Å². The van der Waals surface area contributed by atoms with Crippen LogP contribution >= 0.6 is 11.6 Å². The molecule has 124 valence electrons. The van der Waals surface area contributed by atoms with Crippen LogP contribution in [0.5, 0.6) is 0 Å². The number of nitrogens with one attached hydrogen (secondary N) is 1. The molecule has 1 heterocycles. The van der Waals surface area contributed by atoms with E-state index in [1.807, 2.05) is 0 Å². The van der Waals surface area contributed by atoms with Crippen molar-refractivity contribution in [2.75, 3.05) is 7.11 Å². The van der Waals surface area contributed by atoms with Gasteiger partial charge >= 0.3 is 0 Å². The van der Waals surface area contributed by atoms with Crippen LogP contribution in [-0.2, 0) is 4.74 Å². The number of amides is 1. The van der Waals surface area contributed by atoms with Crippen LogP contribution in [0.25, 0.3) is 10.8 Å². The lowest BCUT2D eigenvalue weighted by atomic mass is 9.93. The van der Waals surface area contributed by atoms with Gasteiger partial charge in [-0.25, -0.2) is 4.98 Å². The number of pyridine rings is 1. The van der Waals surface area contributed by atoms with Crippen LogP contribution in [0.3, 0.4) is 0 Å². The van der Waals surface area contributed by atoms with Gasteiger partial charge in [-0.1, -0.05) is 17.7 Å². The van der Waals surface area contributed by atoms with Gasteiger partial charge in [-0.2, -0.15) is 5.26 Å². The maximum atomic E-state index is 12.7. The van der Waals surface area contributed by atoms with Gasteiger partial charge in [-0.05, 0) is 49.3 Å². The molecule has 3 rings (SSSR count). The van der Waals surface area contributed by atoms with Gasteiger partial charge in [-0.15, -0.1) is 0 Å². The summed E-state index contributed by atoms with van der Waals surface area (Å²) in [4.78, 5) is 16.9. The van der Waals surface area contributed by atoms with Crippen molar-refractivity contribution in [2.45, 2.75) is 37.8 Å². The Bertz CT molecular complexity index is 808. The summed E-state index contributed by atoms with van der Waals surface area (Å²) in [6.07, 6.45) is 3.95. The molecule has 0 aliphatic heterocycles. The highest BCUT2D eigenvalue weighted by molar-refractivity contribution is 6.30. The highest BCUT2D eigenvalue weighted by atomic mass is 35.5. The number of halogens is 1. The average Bonchev–Trinajstić information content (AvgIpc) is 2.61. The molecule has 5 nitrogen and oxygen atoms in total. The maximum absolute atomic E-state index is 12.7. The van der Waals surface area contributed by atoms with E-state index in [1.54, 1.807) is 31.4 Å². The van der Waals surface area contributed by atoms with Crippen LogP contribution in [0.1, 0.15) is 41.7 Å². The van der Waals surface area contributed by atoms with E-state index >= 15 is 0 Å². The first-order valence-corrected chi connectivity index (χ1v) is 8.32. The molecular weight excluding hydrogens is 326 g/mol. The van der Waals surface area contributed by atoms with E-state index in [0.29, 0.717) is 16.6 Å². The number of benzene rings is 1. The number of methoxy groups -OCH3 is 1. The van der Waals surface area contributed by atoms with Crippen molar-refractivity contribution in [3.63, 3.8) is 0 Å². The van der Waals surface area contributed by atoms with E-state index in [1.165, 1.54) is 0 Å². The zero-order valence-corrected chi connectivity index (χ0v) is 14.1. The molecule has 1 aromatic carbocycles. The number of rotatable bonds is 3. The second-order valence-electron chi connectivity index (χ2n) is 6.02. The van der Waals surface area contributed by atoms with E-state index < -0.39 is 0 Å². The summed E-state index contributed by atoms with van der Waals surface area (Å²) in [5.74, 6) is -0.229. The summed E-state index contributed by atoms with van der Waals surface area (Å²) in [7, 11) is 1.72. The fourth-order valence-electron chi connectivity index (χ4n) is 3.16. The van der Waals surface area contributed by atoms with Gasteiger partial charge in [-0.3, -0.25) is 4.79 Å². The minimum absolute atomic E-state index is 0.123. The Kier molecular flexibility index (Phi) is 4.98. The average molecular weight is 344 g/mol. The lowest BCUT2D eigenvalue weighted by Gasteiger charge is -2.28. The normalized spacial score (nSPS) is 20.5. The summed E-state index contributed by atoms with van der Waals surface area (Å²) >= 11 is 6.05. The molecule has 0 saturated heterocycles. The first kappa shape index (κ1) is 16.7. The third-order valence-corrected chi connectivity index (χ3v) is 4.68. The van der Waals surface area contributed by atoms with Crippen molar-refractivity contribution in [1.29, 1.82) is 5.26 Å². The molecule has 24 heavy (non-hydrogen) atoms. The second-order valence-corrected chi connectivity index (χ2v) is 6.41. The number of nitriles is 1. The second kappa shape index (κ2) is 7.16. The summed E-state index contributed by atoms with van der Waals surface area (Å²) in [6.45, 7) is 0. The van der Waals surface area contributed by atoms with E-state index in [-0.39, 0.29) is 23.2 Å². The summed E-state index contributed by atoms with van der Waals surface area (Å²) < 4.78 is 5.36. The minimum Gasteiger partial charge on any atom is -0.381 e. The van der Waals surface area contributed by atoms with Gasteiger partial charge in [0.2, 0.25) is 0 Å². The standard InChI is InChI=1S/C18H18ClN3O2/c1-24-14-5-3-13(4-6-14)21-18(23)17-15-7-2-11(10-20)8-12(15)9-16(19)22-17/h2,7-9,13-14H,3-6H2,1H3,(H,21,23). The topological polar surface area (TPSA) is 75.0 Å². The van der Waals surface area contributed by atoms with Crippen LogP contribution in [0, 0.1) is 11.3 Å². The van der Waals surface area contributed by atoms with Gasteiger partial charge in [0, 0.05) is 18.5 Å². The van der Waals surface area contributed by atoms with Crippen molar-refractivity contribution in [3.8, 4) is 6.07 Å². The van der Waals surface area contributed by atoms with Crippen molar-refractivity contribution in [2.24, 2.45) is 0 Å². The predicted octanol–water partition coefficient (Wildman–Crippen LogP) is 3.45. The Balaban J connectivity index is 1.83. The van der Waals surface area contributed by atoms with Crippen LogP contribution in [0.4, 0.5) is 0 Å². The molecule has 1 aliphatic carbocycles. The van der Waals surface area contributed by atoms with Gasteiger partial charge in [0.1, 0.15) is 10.8 Å². The van der Waals surface area contributed by atoms with Crippen LogP contribution in [0.2, 0.25) is 5.15 Å². The first-order chi connectivity index (χ1) is 11.6. The van der Waals surface area contributed by atoms with E-state index in [0.717, 1.165) is 31.1 Å². The Morgan fingerprint density at radius 1 is 1.33 bits per heavy atom. The molecule has 1 N–H and O–H groups in total. The first-order valence-electron chi connectivity index (χ1n) is 7.94. The van der Waals surface area contributed by atoms with Crippen molar-refractivity contribution in [1.82, 2.24) is 10.3 Å². The predicted molar refractivity (Wildman–Crippen MR) is 92.0 cm³/mol. The molecule has 0 atom stereocenters. The summed E-state index contributed by atoms with van der Waals surface area (Å²) in [5, 5.41) is 13.7. The zero-order chi connectivity index (χ0) is 17.1. The van der Waals surface area contributed by atoms with Crippen molar-refractivity contribution in [3.05, 3.63) is 40.7 Å². The molecule has 1 amide bonds. The third kappa shape index (κ3) is 3.50. The largest absolute Gasteiger partial charge is 0.381 e. The fraction of sp³-hybridized carbons (Fsp3) is 0.389. The minimum atomic E-state index is -0.229. The lowest BCUT2D eigenvalue weighted by Crippen LogP contribution is -2.39. The third-order valence-electron chi connectivity index (χ3n) is 4.49. The van der Waals surface area contributed by atoms with Crippen molar-refractivity contribution >= 4 is 28.3 Å². The van der Waals surface area contributed by atoms with Gasteiger partial charge in [0.15, 0.2) is 0 Å². The molecule has 6 heteroatoms. The molecule has 0 unspecified atom stereocenters. The van der Waals surface area contributed by atoms with Gasteiger partial charge in [0.05, 0.1) is 17.7 Å². The number of hydrogen-bond donors (Lipinski definition) is 1. The van der Waals surface area contributed by atoms with Gasteiger partial charge in [0.25, 0.3) is 5.91 Å². The van der Waals surface area contributed by atoms with Gasteiger partial charge < -0.3 is 10.1 Å². The monoisotopic (exact) mass is 343 g/mol. The van der Waals surface area contributed by atoms with Crippen LogP contribution < -0.4 is 5.32 Å². The smallest absolute Gasteiger partial charge is 0.270 e. The molecule has 1 saturated carbocycles. The molecule has 0 bridgehead atoms. The SMILES string of the molecule is COC1CCC(NC(=O)c2nc(Cl)cc3cc(C#N)ccc23)CC1. The van der Waals surface area contributed by atoms with E-state index in [4.69, 9.17) is 21.6 Å².